The highest BCUT2D eigenvalue weighted by molar-refractivity contribution is 5.51. The monoisotopic (exact) mass is 287 g/mol. The van der Waals surface area contributed by atoms with E-state index >= 15 is 0 Å². The van der Waals surface area contributed by atoms with Gasteiger partial charge in [0.25, 0.3) is 0 Å². The molecule has 1 aliphatic heterocycles. The van der Waals surface area contributed by atoms with E-state index in [1.54, 1.807) is 7.05 Å². The number of alkyl halides is 3. The molecule has 3 nitrogen and oxygen atoms in total. The summed E-state index contributed by atoms with van der Waals surface area (Å²) in [6.07, 6.45) is -1.15. The summed E-state index contributed by atoms with van der Waals surface area (Å²) < 4.78 is 38.8. The normalized spacial score (nSPS) is 20.1. The third kappa shape index (κ3) is 3.35. The minimum atomic E-state index is -4.34. The fourth-order valence-electron chi connectivity index (χ4n) is 2.58. The van der Waals surface area contributed by atoms with E-state index in [4.69, 9.17) is 0 Å². The molecule has 112 valence electrons. The van der Waals surface area contributed by atoms with Crippen LogP contribution >= 0.6 is 0 Å². The Morgan fingerprint density at radius 1 is 1.40 bits per heavy atom. The highest BCUT2D eigenvalue weighted by Crippen LogP contribution is 2.34. The summed E-state index contributed by atoms with van der Waals surface area (Å²) in [5.41, 5.74) is -0.648. The number of nitrogens with one attached hydrogen (secondary N) is 1. The van der Waals surface area contributed by atoms with Gasteiger partial charge in [-0.2, -0.15) is 13.2 Å². The molecule has 2 heterocycles. The molecule has 1 aromatic heterocycles. The van der Waals surface area contributed by atoms with Crippen molar-refractivity contribution in [1.82, 2.24) is 4.98 Å². The third-order valence-electron chi connectivity index (χ3n) is 3.82. The predicted molar refractivity (Wildman–Crippen MR) is 74.0 cm³/mol. The zero-order valence-corrected chi connectivity index (χ0v) is 11.8. The van der Waals surface area contributed by atoms with Gasteiger partial charge in [0.2, 0.25) is 0 Å². The summed E-state index contributed by atoms with van der Waals surface area (Å²) in [5, 5.41) is 2.71. The number of hydrogen-bond donors (Lipinski definition) is 1. The fraction of sp³-hybridized carbons (Fsp3) is 0.643. The van der Waals surface area contributed by atoms with Crippen LogP contribution in [0.15, 0.2) is 12.1 Å². The maximum atomic E-state index is 12.9. The van der Waals surface area contributed by atoms with E-state index in [1.807, 2.05) is 4.90 Å². The number of halogens is 3. The molecule has 2 rings (SSSR count). The first-order valence-corrected chi connectivity index (χ1v) is 6.96. The van der Waals surface area contributed by atoms with Crippen LogP contribution in [0, 0.1) is 5.92 Å². The Hall–Kier alpha value is -1.46. The summed E-state index contributed by atoms with van der Waals surface area (Å²) >= 11 is 0. The molecule has 0 saturated carbocycles. The Morgan fingerprint density at radius 2 is 2.15 bits per heavy atom. The van der Waals surface area contributed by atoms with Crippen LogP contribution in [0.5, 0.6) is 0 Å². The first kappa shape index (κ1) is 14.9. The molecular weight excluding hydrogens is 267 g/mol. The predicted octanol–water partition coefficient (Wildman–Crippen LogP) is 3.77. The van der Waals surface area contributed by atoms with E-state index in [2.05, 4.69) is 17.2 Å². The van der Waals surface area contributed by atoms with Gasteiger partial charge in [-0.1, -0.05) is 13.3 Å². The van der Waals surface area contributed by atoms with Crippen molar-refractivity contribution >= 4 is 11.6 Å². The minimum absolute atomic E-state index is 0.258. The number of pyridine rings is 1. The van der Waals surface area contributed by atoms with Crippen molar-refractivity contribution in [2.24, 2.45) is 5.92 Å². The second kappa shape index (κ2) is 5.89. The van der Waals surface area contributed by atoms with Crippen molar-refractivity contribution in [3.8, 4) is 0 Å². The first-order valence-electron chi connectivity index (χ1n) is 6.96. The Kier molecular flexibility index (Phi) is 4.40. The molecule has 1 saturated heterocycles. The zero-order valence-electron chi connectivity index (χ0n) is 11.8. The Balaban J connectivity index is 2.30. The largest absolute Gasteiger partial charge is 0.416 e. The number of aromatic nitrogens is 1. The maximum absolute atomic E-state index is 12.9. The molecule has 1 aliphatic rings. The molecule has 1 N–H and O–H groups in total. The second-order valence-corrected chi connectivity index (χ2v) is 5.21. The Labute approximate surface area is 117 Å². The van der Waals surface area contributed by atoms with E-state index in [-0.39, 0.29) is 5.82 Å². The van der Waals surface area contributed by atoms with Crippen LogP contribution in [-0.2, 0) is 6.18 Å². The lowest BCUT2D eigenvalue weighted by Gasteiger charge is -2.33. The zero-order chi connectivity index (χ0) is 14.8. The number of anilines is 2. The van der Waals surface area contributed by atoms with Gasteiger partial charge >= 0.3 is 6.18 Å². The lowest BCUT2D eigenvalue weighted by atomic mass is 9.95. The average molecular weight is 287 g/mol. The molecular formula is C14H20F3N3. The average Bonchev–Trinajstić information content (AvgIpc) is 2.46. The summed E-state index contributed by atoms with van der Waals surface area (Å²) in [7, 11) is 1.58. The summed E-state index contributed by atoms with van der Waals surface area (Å²) in [6.45, 7) is 3.68. The van der Waals surface area contributed by atoms with Gasteiger partial charge in [-0.25, -0.2) is 4.98 Å². The lowest BCUT2D eigenvalue weighted by molar-refractivity contribution is -0.137. The molecule has 0 amide bonds. The number of nitrogens with zero attached hydrogens (tertiary/aromatic N) is 2. The molecule has 1 unspecified atom stereocenters. The smallest absolute Gasteiger partial charge is 0.373 e. The third-order valence-corrected chi connectivity index (χ3v) is 3.82. The summed E-state index contributed by atoms with van der Waals surface area (Å²) in [5.74, 6) is 1.22. The first-order chi connectivity index (χ1) is 9.44. The van der Waals surface area contributed by atoms with Gasteiger partial charge in [0.1, 0.15) is 11.6 Å². The van der Waals surface area contributed by atoms with Crippen LogP contribution in [0.3, 0.4) is 0 Å². The van der Waals surface area contributed by atoms with Gasteiger partial charge in [0.15, 0.2) is 0 Å². The molecule has 1 aromatic rings. The lowest BCUT2D eigenvalue weighted by Crippen LogP contribution is -2.36. The van der Waals surface area contributed by atoms with Gasteiger partial charge in [0.05, 0.1) is 5.56 Å². The topological polar surface area (TPSA) is 28.2 Å². The van der Waals surface area contributed by atoms with E-state index in [9.17, 15) is 13.2 Å². The Bertz CT molecular complexity index is 459. The van der Waals surface area contributed by atoms with Crippen molar-refractivity contribution in [1.29, 1.82) is 0 Å². The van der Waals surface area contributed by atoms with E-state index in [0.29, 0.717) is 11.7 Å². The molecule has 0 aliphatic carbocycles. The van der Waals surface area contributed by atoms with Crippen molar-refractivity contribution in [2.45, 2.75) is 32.4 Å². The quantitative estimate of drug-likeness (QED) is 0.917. The number of hydrogen-bond acceptors (Lipinski definition) is 3. The van der Waals surface area contributed by atoms with Crippen LogP contribution in [0.1, 0.15) is 31.7 Å². The maximum Gasteiger partial charge on any atom is 0.416 e. The minimum Gasteiger partial charge on any atom is -0.373 e. The van der Waals surface area contributed by atoms with Crippen LogP contribution < -0.4 is 10.2 Å². The highest BCUT2D eigenvalue weighted by Gasteiger charge is 2.32. The number of piperidine rings is 1. The SMILES string of the molecule is CCC1CCCN(c2cc(C(F)(F)F)cc(NC)n2)C1. The summed E-state index contributed by atoms with van der Waals surface area (Å²) in [6, 6.07) is 2.20. The summed E-state index contributed by atoms with van der Waals surface area (Å²) in [4.78, 5) is 6.24. The van der Waals surface area contributed by atoms with E-state index < -0.39 is 11.7 Å². The molecule has 1 atom stereocenters. The van der Waals surface area contributed by atoms with Gasteiger partial charge in [-0.15, -0.1) is 0 Å². The van der Waals surface area contributed by atoms with Crippen molar-refractivity contribution in [3.05, 3.63) is 17.7 Å². The van der Waals surface area contributed by atoms with E-state index in [1.165, 1.54) is 0 Å². The highest BCUT2D eigenvalue weighted by atomic mass is 19.4. The molecule has 0 spiro atoms. The fourth-order valence-corrected chi connectivity index (χ4v) is 2.58. The van der Waals surface area contributed by atoms with Crippen LogP contribution in [0.25, 0.3) is 0 Å². The van der Waals surface area contributed by atoms with Gasteiger partial charge in [0, 0.05) is 20.1 Å². The van der Waals surface area contributed by atoms with Crippen LogP contribution in [0.2, 0.25) is 0 Å². The molecule has 6 heteroatoms. The van der Waals surface area contributed by atoms with Crippen molar-refractivity contribution in [2.75, 3.05) is 30.4 Å². The van der Waals surface area contributed by atoms with Crippen molar-refractivity contribution in [3.63, 3.8) is 0 Å². The molecule has 0 bridgehead atoms. The van der Waals surface area contributed by atoms with Gasteiger partial charge in [-0.3, -0.25) is 0 Å². The molecule has 20 heavy (non-hydrogen) atoms. The van der Waals surface area contributed by atoms with Crippen LogP contribution in [0.4, 0.5) is 24.8 Å². The van der Waals surface area contributed by atoms with E-state index in [0.717, 1.165) is 44.5 Å². The van der Waals surface area contributed by atoms with Gasteiger partial charge < -0.3 is 10.2 Å². The second-order valence-electron chi connectivity index (χ2n) is 5.21. The molecule has 0 aromatic carbocycles. The van der Waals surface area contributed by atoms with Gasteiger partial charge in [-0.05, 0) is 30.9 Å². The standard InChI is InChI=1S/C14H20F3N3/c1-3-10-5-4-6-20(9-10)13-8-11(14(15,16)17)7-12(18-2)19-13/h7-8,10H,3-6,9H2,1-2H3,(H,18,19). The Morgan fingerprint density at radius 3 is 2.75 bits per heavy atom. The molecule has 0 radical (unpaired) electrons. The van der Waals surface area contributed by atoms with Crippen LogP contribution in [-0.4, -0.2) is 25.1 Å². The molecule has 1 fully saturated rings. The number of rotatable bonds is 3. The van der Waals surface area contributed by atoms with Crippen molar-refractivity contribution < 1.29 is 13.2 Å².